The fourth-order valence-electron chi connectivity index (χ4n) is 1.88. The van der Waals surface area contributed by atoms with Crippen molar-refractivity contribution in [3.63, 3.8) is 0 Å². The second-order valence-corrected chi connectivity index (χ2v) is 5.76. The van der Waals surface area contributed by atoms with Gasteiger partial charge >= 0.3 is 0 Å². The highest BCUT2D eigenvalue weighted by molar-refractivity contribution is 9.10. The molecular formula is C15H22BrNO3. The molecule has 5 heteroatoms. The molecule has 0 aromatic heterocycles. The topological polar surface area (TPSA) is 58.6 Å². The molecule has 0 fully saturated rings. The van der Waals surface area contributed by atoms with Gasteiger partial charge in [-0.15, -0.1) is 0 Å². The lowest BCUT2D eigenvalue weighted by Gasteiger charge is -2.25. The number of nitrogens with one attached hydrogen (secondary N) is 1. The van der Waals surface area contributed by atoms with E-state index in [4.69, 9.17) is 4.74 Å². The van der Waals surface area contributed by atoms with Crippen molar-refractivity contribution in [3.8, 4) is 5.75 Å². The van der Waals surface area contributed by atoms with Gasteiger partial charge in [0, 0.05) is 16.6 Å². The predicted molar refractivity (Wildman–Crippen MR) is 82.9 cm³/mol. The van der Waals surface area contributed by atoms with Gasteiger partial charge in [0.25, 0.3) is 0 Å². The third-order valence-corrected chi connectivity index (χ3v) is 4.02. The second kappa shape index (κ2) is 7.64. The van der Waals surface area contributed by atoms with E-state index in [-0.39, 0.29) is 18.9 Å². The summed E-state index contributed by atoms with van der Waals surface area (Å²) >= 11 is 3.38. The molecular weight excluding hydrogens is 322 g/mol. The molecule has 0 saturated carbocycles. The molecule has 112 valence electrons. The fourth-order valence-corrected chi connectivity index (χ4v) is 2.29. The van der Waals surface area contributed by atoms with E-state index in [2.05, 4.69) is 21.2 Å². The Hall–Kier alpha value is -1.07. The van der Waals surface area contributed by atoms with Crippen molar-refractivity contribution >= 4 is 21.8 Å². The van der Waals surface area contributed by atoms with Crippen molar-refractivity contribution in [1.29, 1.82) is 0 Å². The number of hydrogen-bond donors (Lipinski definition) is 2. The molecule has 1 aromatic rings. The second-order valence-electron chi connectivity index (χ2n) is 4.84. The number of ether oxygens (including phenoxy) is 1. The number of hydrogen-bond acceptors (Lipinski definition) is 3. The van der Waals surface area contributed by atoms with Gasteiger partial charge in [-0.05, 0) is 31.0 Å². The minimum absolute atomic E-state index is 0.123. The molecule has 0 bridgehead atoms. The average molecular weight is 344 g/mol. The zero-order chi connectivity index (χ0) is 15.2. The van der Waals surface area contributed by atoms with Gasteiger partial charge in [-0.25, -0.2) is 0 Å². The van der Waals surface area contributed by atoms with Crippen molar-refractivity contribution < 1.29 is 14.6 Å². The number of aliphatic hydroxyl groups is 1. The summed E-state index contributed by atoms with van der Waals surface area (Å²) in [5.41, 5.74) is -0.00674. The van der Waals surface area contributed by atoms with Gasteiger partial charge in [-0.1, -0.05) is 29.8 Å². The quantitative estimate of drug-likeness (QED) is 0.800. The number of halogens is 1. The van der Waals surface area contributed by atoms with E-state index < -0.39 is 5.60 Å². The maximum absolute atomic E-state index is 12.0. The lowest BCUT2D eigenvalue weighted by Crippen LogP contribution is -2.42. The van der Waals surface area contributed by atoms with Crippen LogP contribution in [0.2, 0.25) is 0 Å². The summed E-state index contributed by atoms with van der Waals surface area (Å²) in [5.74, 6) is 0.561. The normalized spacial score (nSPS) is 11.2. The third-order valence-electron chi connectivity index (χ3n) is 3.52. The van der Waals surface area contributed by atoms with Crippen molar-refractivity contribution in [3.05, 3.63) is 28.2 Å². The fraction of sp³-hybridized carbons (Fsp3) is 0.533. The summed E-state index contributed by atoms with van der Waals surface area (Å²) < 4.78 is 6.14. The first kappa shape index (κ1) is 17.0. The average Bonchev–Trinajstić information content (AvgIpc) is 2.45. The molecule has 1 amide bonds. The molecule has 0 aliphatic heterocycles. The molecule has 4 nitrogen and oxygen atoms in total. The molecule has 1 rings (SSSR count). The van der Waals surface area contributed by atoms with Crippen LogP contribution in [0, 0.1) is 0 Å². The molecule has 0 heterocycles. The molecule has 0 aliphatic carbocycles. The first-order valence-corrected chi connectivity index (χ1v) is 7.55. The molecule has 0 aliphatic rings. The Labute approximate surface area is 128 Å². The molecule has 0 radical (unpaired) electrons. The summed E-state index contributed by atoms with van der Waals surface area (Å²) in [5, 5.41) is 12.9. The van der Waals surface area contributed by atoms with E-state index in [9.17, 15) is 9.90 Å². The van der Waals surface area contributed by atoms with Gasteiger partial charge in [-0.2, -0.15) is 0 Å². The van der Waals surface area contributed by atoms with Gasteiger partial charge in [-0.3, -0.25) is 4.79 Å². The number of methoxy groups -OCH3 is 1. The molecule has 0 saturated heterocycles. The van der Waals surface area contributed by atoms with Crippen LogP contribution in [0.25, 0.3) is 0 Å². The minimum Gasteiger partial charge on any atom is -0.496 e. The Morgan fingerprint density at radius 1 is 1.40 bits per heavy atom. The van der Waals surface area contributed by atoms with Crippen LogP contribution in [0.4, 0.5) is 0 Å². The number of benzene rings is 1. The summed E-state index contributed by atoms with van der Waals surface area (Å²) in [6.07, 6.45) is 1.46. The Morgan fingerprint density at radius 3 is 2.60 bits per heavy atom. The van der Waals surface area contributed by atoms with E-state index >= 15 is 0 Å². The maximum Gasteiger partial charge on any atom is 0.224 e. The Kier molecular flexibility index (Phi) is 6.49. The first-order chi connectivity index (χ1) is 9.44. The van der Waals surface area contributed by atoms with Gasteiger partial charge in [0.15, 0.2) is 0 Å². The predicted octanol–water partition coefficient (Wildman–Crippen LogP) is 2.67. The summed E-state index contributed by atoms with van der Waals surface area (Å²) in [7, 11) is 1.58. The van der Waals surface area contributed by atoms with Crippen LogP contribution in [0.5, 0.6) is 5.75 Å². The van der Waals surface area contributed by atoms with Gasteiger partial charge in [0.2, 0.25) is 5.91 Å². The lowest BCUT2D eigenvalue weighted by molar-refractivity contribution is -0.121. The van der Waals surface area contributed by atoms with Crippen LogP contribution in [-0.4, -0.2) is 30.3 Å². The summed E-state index contributed by atoms with van der Waals surface area (Å²) in [6.45, 7) is 4.09. The van der Waals surface area contributed by atoms with Crippen LogP contribution in [0.1, 0.15) is 32.3 Å². The zero-order valence-electron chi connectivity index (χ0n) is 12.2. The molecule has 20 heavy (non-hydrogen) atoms. The largest absolute Gasteiger partial charge is 0.496 e. The molecule has 1 aromatic carbocycles. The standard InChI is InChI=1S/C15H22BrNO3/c1-4-15(19,5-2)10-17-14(18)9-11-8-12(16)6-7-13(11)20-3/h6-8,19H,4-5,9-10H2,1-3H3,(H,17,18). The van der Waals surface area contributed by atoms with Crippen molar-refractivity contribution in [2.75, 3.05) is 13.7 Å². The monoisotopic (exact) mass is 343 g/mol. The molecule has 0 spiro atoms. The number of rotatable bonds is 7. The van der Waals surface area contributed by atoms with Crippen LogP contribution < -0.4 is 10.1 Å². The summed E-state index contributed by atoms with van der Waals surface area (Å²) in [6, 6.07) is 5.55. The van der Waals surface area contributed by atoms with E-state index in [1.165, 1.54) is 0 Å². The Bertz CT molecular complexity index is 458. The van der Waals surface area contributed by atoms with Crippen molar-refractivity contribution in [1.82, 2.24) is 5.32 Å². The maximum atomic E-state index is 12.0. The highest BCUT2D eigenvalue weighted by Crippen LogP contribution is 2.23. The minimum atomic E-state index is -0.822. The van der Waals surface area contributed by atoms with E-state index in [1.807, 2.05) is 32.0 Å². The lowest BCUT2D eigenvalue weighted by atomic mass is 9.97. The zero-order valence-corrected chi connectivity index (χ0v) is 13.8. The van der Waals surface area contributed by atoms with Gasteiger partial charge in [0.05, 0.1) is 19.1 Å². The summed E-state index contributed by atoms with van der Waals surface area (Å²) in [4.78, 5) is 12.0. The Balaban J connectivity index is 2.65. The van der Waals surface area contributed by atoms with Gasteiger partial charge in [0.1, 0.15) is 5.75 Å². The molecule has 0 atom stereocenters. The smallest absolute Gasteiger partial charge is 0.224 e. The highest BCUT2D eigenvalue weighted by atomic mass is 79.9. The number of carbonyl (C=O) groups is 1. The van der Waals surface area contributed by atoms with E-state index in [0.717, 1.165) is 10.0 Å². The SMILES string of the molecule is CCC(O)(CC)CNC(=O)Cc1cc(Br)ccc1OC. The Morgan fingerprint density at radius 2 is 2.05 bits per heavy atom. The van der Waals surface area contributed by atoms with E-state index in [1.54, 1.807) is 7.11 Å². The first-order valence-electron chi connectivity index (χ1n) is 6.75. The highest BCUT2D eigenvalue weighted by Gasteiger charge is 2.22. The van der Waals surface area contributed by atoms with Crippen molar-refractivity contribution in [2.45, 2.75) is 38.7 Å². The van der Waals surface area contributed by atoms with Crippen LogP contribution in [0.3, 0.4) is 0 Å². The number of amides is 1. The third kappa shape index (κ3) is 4.80. The molecule has 2 N–H and O–H groups in total. The number of carbonyl (C=O) groups excluding carboxylic acids is 1. The van der Waals surface area contributed by atoms with Crippen LogP contribution >= 0.6 is 15.9 Å². The van der Waals surface area contributed by atoms with Gasteiger partial charge < -0.3 is 15.2 Å². The molecule has 0 unspecified atom stereocenters. The van der Waals surface area contributed by atoms with Crippen LogP contribution in [-0.2, 0) is 11.2 Å². The van der Waals surface area contributed by atoms with Crippen molar-refractivity contribution in [2.24, 2.45) is 0 Å². The van der Waals surface area contributed by atoms with E-state index in [0.29, 0.717) is 18.6 Å². The van der Waals surface area contributed by atoms with Crippen LogP contribution in [0.15, 0.2) is 22.7 Å².